The molecule has 0 bridgehead atoms. The number of rotatable bonds is 8. The lowest BCUT2D eigenvalue weighted by molar-refractivity contribution is -0.121. The van der Waals surface area contributed by atoms with E-state index in [4.69, 9.17) is 0 Å². The molecule has 0 aliphatic heterocycles. The van der Waals surface area contributed by atoms with Gasteiger partial charge in [-0.15, -0.1) is 0 Å². The van der Waals surface area contributed by atoms with Crippen molar-refractivity contribution in [2.45, 2.75) is 45.4 Å². The first-order valence-corrected chi connectivity index (χ1v) is 6.63. The number of carbonyl (C=O) groups is 1. The smallest absolute Gasteiger partial charge is 0.219 e. The normalized spacial score (nSPS) is 10.2. The number of carbonyl (C=O) groups excluding carboxylic acids is 1. The molecule has 1 N–H and O–H groups in total. The van der Waals surface area contributed by atoms with Gasteiger partial charge in [-0.3, -0.25) is 4.79 Å². The van der Waals surface area contributed by atoms with Crippen LogP contribution in [0.2, 0.25) is 0 Å². The van der Waals surface area contributed by atoms with Gasteiger partial charge in [-0.25, -0.2) is 0 Å². The number of unbranched alkanes of at least 4 members (excludes halogenated alkanes) is 2. The van der Waals surface area contributed by atoms with Crippen molar-refractivity contribution >= 4 is 5.91 Å². The lowest BCUT2D eigenvalue weighted by Gasteiger charge is -2.04. The van der Waals surface area contributed by atoms with Gasteiger partial charge in [0.1, 0.15) is 0 Å². The summed E-state index contributed by atoms with van der Waals surface area (Å²) in [5, 5.41) is 2.94. The number of hydrogen-bond acceptors (Lipinski definition) is 1. The number of aryl methyl sites for hydroxylation is 1. The monoisotopic (exact) mass is 233 g/mol. The Balaban J connectivity index is 2.02. The summed E-state index contributed by atoms with van der Waals surface area (Å²) in [4.78, 5) is 11.4. The number of benzene rings is 1. The van der Waals surface area contributed by atoms with Crippen LogP contribution in [0.4, 0.5) is 0 Å². The summed E-state index contributed by atoms with van der Waals surface area (Å²) < 4.78 is 0. The minimum Gasteiger partial charge on any atom is -0.356 e. The molecule has 2 heteroatoms. The summed E-state index contributed by atoms with van der Waals surface area (Å²) in [5.74, 6) is 0.200. The molecule has 0 saturated heterocycles. The molecule has 1 rings (SSSR count). The summed E-state index contributed by atoms with van der Waals surface area (Å²) in [6.45, 7) is 2.96. The average molecular weight is 233 g/mol. The highest BCUT2D eigenvalue weighted by atomic mass is 16.1. The van der Waals surface area contributed by atoms with Crippen LogP contribution < -0.4 is 5.32 Å². The quantitative estimate of drug-likeness (QED) is 0.686. The Kier molecular flexibility index (Phi) is 7.12. The van der Waals surface area contributed by atoms with Gasteiger partial charge < -0.3 is 5.32 Å². The van der Waals surface area contributed by atoms with E-state index >= 15 is 0 Å². The fourth-order valence-electron chi connectivity index (χ4n) is 1.75. The molecule has 1 aromatic carbocycles. The van der Waals surface area contributed by atoms with E-state index in [0.717, 1.165) is 38.6 Å². The molecule has 0 aliphatic carbocycles. The third-order valence-electron chi connectivity index (χ3n) is 2.81. The lowest BCUT2D eigenvalue weighted by atomic mass is 10.1. The summed E-state index contributed by atoms with van der Waals surface area (Å²) >= 11 is 0. The zero-order valence-electron chi connectivity index (χ0n) is 10.7. The Labute approximate surface area is 104 Å². The summed E-state index contributed by atoms with van der Waals surface area (Å²) in [6.07, 6.45) is 6.02. The molecule has 1 amide bonds. The van der Waals surface area contributed by atoms with Gasteiger partial charge in [0.05, 0.1) is 0 Å². The van der Waals surface area contributed by atoms with Gasteiger partial charge in [0.25, 0.3) is 0 Å². The number of nitrogens with one attached hydrogen (secondary N) is 1. The molecular weight excluding hydrogens is 210 g/mol. The maximum Gasteiger partial charge on any atom is 0.219 e. The highest BCUT2D eigenvalue weighted by molar-refractivity contribution is 5.75. The van der Waals surface area contributed by atoms with Crippen molar-refractivity contribution < 1.29 is 4.79 Å². The van der Waals surface area contributed by atoms with Crippen LogP contribution in [0, 0.1) is 0 Å². The molecule has 1 aromatic rings. The van der Waals surface area contributed by atoms with Crippen molar-refractivity contribution in [3.8, 4) is 0 Å². The molecule has 0 spiro atoms. The molecule has 0 aliphatic rings. The molecule has 0 atom stereocenters. The SMILES string of the molecule is CCCCNC(=O)CCCCc1ccccc1. The first-order chi connectivity index (χ1) is 8.33. The summed E-state index contributed by atoms with van der Waals surface area (Å²) in [6, 6.07) is 10.4. The van der Waals surface area contributed by atoms with Crippen LogP contribution in [-0.4, -0.2) is 12.5 Å². The third kappa shape index (κ3) is 6.77. The average Bonchev–Trinajstić information content (AvgIpc) is 2.36. The van der Waals surface area contributed by atoms with Crippen molar-refractivity contribution in [3.05, 3.63) is 35.9 Å². The molecule has 0 aromatic heterocycles. The first-order valence-electron chi connectivity index (χ1n) is 6.63. The highest BCUT2D eigenvalue weighted by Gasteiger charge is 2.00. The number of hydrogen-bond donors (Lipinski definition) is 1. The van der Waals surface area contributed by atoms with Crippen molar-refractivity contribution in [1.82, 2.24) is 5.32 Å². The molecule has 0 radical (unpaired) electrons. The summed E-state index contributed by atoms with van der Waals surface area (Å²) in [7, 11) is 0. The van der Waals surface area contributed by atoms with E-state index in [1.54, 1.807) is 0 Å². The van der Waals surface area contributed by atoms with E-state index in [2.05, 4.69) is 36.5 Å². The minimum absolute atomic E-state index is 0.200. The number of amides is 1. The van der Waals surface area contributed by atoms with Gasteiger partial charge in [0, 0.05) is 13.0 Å². The van der Waals surface area contributed by atoms with Crippen molar-refractivity contribution in [2.75, 3.05) is 6.54 Å². The fourth-order valence-corrected chi connectivity index (χ4v) is 1.75. The maximum absolute atomic E-state index is 11.4. The Hall–Kier alpha value is -1.31. The van der Waals surface area contributed by atoms with Gasteiger partial charge in [-0.05, 0) is 31.2 Å². The standard InChI is InChI=1S/C15H23NO/c1-2-3-13-16-15(17)12-8-7-11-14-9-5-4-6-10-14/h4-6,9-10H,2-3,7-8,11-13H2,1H3,(H,16,17). The Morgan fingerprint density at radius 1 is 1.12 bits per heavy atom. The predicted octanol–water partition coefficient (Wildman–Crippen LogP) is 3.32. The van der Waals surface area contributed by atoms with Gasteiger partial charge in [-0.1, -0.05) is 43.7 Å². The Bertz CT molecular complexity index is 308. The lowest BCUT2D eigenvalue weighted by Crippen LogP contribution is -2.23. The minimum atomic E-state index is 0.200. The molecule has 0 fully saturated rings. The molecule has 94 valence electrons. The first kappa shape index (κ1) is 13.8. The second kappa shape index (κ2) is 8.80. The maximum atomic E-state index is 11.4. The molecule has 0 saturated carbocycles. The van der Waals surface area contributed by atoms with Crippen LogP contribution in [0.5, 0.6) is 0 Å². The van der Waals surface area contributed by atoms with Gasteiger partial charge in [0.15, 0.2) is 0 Å². The van der Waals surface area contributed by atoms with E-state index in [1.807, 2.05) is 6.07 Å². The van der Waals surface area contributed by atoms with Crippen LogP contribution in [0.3, 0.4) is 0 Å². The van der Waals surface area contributed by atoms with Crippen molar-refractivity contribution in [1.29, 1.82) is 0 Å². The van der Waals surface area contributed by atoms with Gasteiger partial charge in [0.2, 0.25) is 5.91 Å². The van der Waals surface area contributed by atoms with E-state index < -0.39 is 0 Å². The second-order valence-electron chi connectivity index (χ2n) is 4.40. The van der Waals surface area contributed by atoms with Crippen molar-refractivity contribution in [3.63, 3.8) is 0 Å². The van der Waals surface area contributed by atoms with Crippen LogP contribution in [-0.2, 0) is 11.2 Å². The van der Waals surface area contributed by atoms with Crippen LogP contribution in [0.1, 0.15) is 44.6 Å². The third-order valence-corrected chi connectivity index (χ3v) is 2.81. The van der Waals surface area contributed by atoms with Gasteiger partial charge in [-0.2, -0.15) is 0 Å². The van der Waals surface area contributed by atoms with Crippen LogP contribution in [0.15, 0.2) is 30.3 Å². The van der Waals surface area contributed by atoms with E-state index in [9.17, 15) is 4.79 Å². The Morgan fingerprint density at radius 3 is 2.59 bits per heavy atom. The van der Waals surface area contributed by atoms with Crippen molar-refractivity contribution in [2.24, 2.45) is 0 Å². The Morgan fingerprint density at radius 2 is 1.88 bits per heavy atom. The molecule has 2 nitrogen and oxygen atoms in total. The predicted molar refractivity (Wildman–Crippen MR) is 71.9 cm³/mol. The zero-order valence-corrected chi connectivity index (χ0v) is 10.7. The van der Waals surface area contributed by atoms with Gasteiger partial charge >= 0.3 is 0 Å². The van der Waals surface area contributed by atoms with E-state index in [0.29, 0.717) is 6.42 Å². The molecular formula is C15H23NO. The van der Waals surface area contributed by atoms with Crippen LogP contribution >= 0.6 is 0 Å². The molecule has 0 unspecified atom stereocenters. The highest BCUT2D eigenvalue weighted by Crippen LogP contribution is 2.05. The largest absolute Gasteiger partial charge is 0.356 e. The van der Waals surface area contributed by atoms with E-state index in [-0.39, 0.29) is 5.91 Å². The summed E-state index contributed by atoms with van der Waals surface area (Å²) in [5.41, 5.74) is 1.36. The molecule has 17 heavy (non-hydrogen) atoms. The molecule has 0 heterocycles. The van der Waals surface area contributed by atoms with E-state index in [1.165, 1.54) is 5.56 Å². The second-order valence-corrected chi connectivity index (χ2v) is 4.40. The van der Waals surface area contributed by atoms with Crippen LogP contribution in [0.25, 0.3) is 0 Å². The zero-order chi connectivity index (χ0) is 12.3. The topological polar surface area (TPSA) is 29.1 Å². The fraction of sp³-hybridized carbons (Fsp3) is 0.533.